The molecule has 0 spiro atoms. The minimum Gasteiger partial charge on any atom is -0.449 e. The van der Waals surface area contributed by atoms with Crippen molar-refractivity contribution in [1.82, 2.24) is 10.3 Å². The molecule has 3 rings (SSSR count). The summed E-state index contributed by atoms with van der Waals surface area (Å²) in [6, 6.07) is 15.6. The summed E-state index contributed by atoms with van der Waals surface area (Å²) in [7, 11) is 0. The lowest BCUT2D eigenvalue weighted by Gasteiger charge is -2.14. The summed E-state index contributed by atoms with van der Waals surface area (Å²) in [6.07, 6.45) is -1.19. The topological polar surface area (TPSA) is 111 Å². The number of esters is 1. The van der Waals surface area contributed by atoms with Crippen molar-refractivity contribution in [3.05, 3.63) is 65.7 Å². The van der Waals surface area contributed by atoms with Crippen LogP contribution in [0.1, 0.15) is 22.8 Å². The zero-order valence-electron chi connectivity index (χ0n) is 15.4. The van der Waals surface area contributed by atoms with Gasteiger partial charge in [-0.2, -0.15) is 0 Å². The number of aryl methyl sites for hydroxylation is 1. The number of fused-ring (bicyclic) bond motifs is 1. The van der Waals surface area contributed by atoms with E-state index in [1.807, 2.05) is 42.6 Å². The minimum absolute atomic E-state index is 0.278. The maximum atomic E-state index is 12.8. The summed E-state index contributed by atoms with van der Waals surface area (Å²) >= 11 is 0. The van der Waals surface area contributed by atoms with Crippen LogP contribution in [0.15, 0.2) is 54.6 Å². The Labute approximate surface area is 161 Å². The van der Waals surface area contributed by atoms with Gasteiger partial charge in [-0.3, -0.25) is 10.1 Å². The molecule has 3 aromatic rings. The fourth-order valence-corrected chi connectivity index (χ4v) is 2.72. The minimum atomic E-state index is -1.19. The van der Waals surface area contributed by atoms with E-state index in [1.165, 1.54) is 6.92 Å². The molecule has 0 aliphatic rings. The Morgan fingerprint density at radius 1 is 1.07 bits per heavy atom. The van der Waals surface area contributed by atoms with Gasteiger partial charge in [0, 0.05) is 10.9 Å². The molecule has 0 fully saturated rings. The average Bonchev–Trinajstić information content (AvgIpc) is 2.67. The maximum absolute atomic E-state index is 12.8. The standard InChI is InChI=1S/C21H19N3O4/c1-12-7-9-14(10-8-12)18-11-16(15-5-3-4-6-17(15)23-18)20(26)28-13(2)19(25)24-21(22)27/h3-11,13H,1-2H3,(H3,22,24,25,27). The number of primary amides is 1. The molecule has 142 valence electrons. The number of benzene rings is 2. The van der Waals surface area contributed by atoms with Crippen molar-refractivity contribution in [2.24, 2.45) is 5.73 Å². The Kier molecular flexibility index (Phi) is 5.35. The summed E-state index contributed by atoms with van der Waals surface area (Å²) in [5.74, 6) is -1.49. The molecule has 3 amide bonds. The van der Waals surface area contributed by atoms with E-state index in [0.29, 0.717) is 16.6 Å². The molecule has 0 aliphatic heterocycles. The number of urea groups is 1. The second kappa shape index (κ2) is 7.87. The quantitative estimate of drug-likeness (QED) is 0.679. The van der Waals surface area contributed by atoms with Crippen LogP contribution in [0.2, 0.25) is 0 Å². The van der Waals surface area contributed by atoms with Gasteiger partial charge in [-0.1, -0.05) is 48.0 Å². The van der Waals surface area contributed by atoms with Crippen molar-refractivity contribution in [3.63, 3.8) is 0 Å². The third kappa shape index (κ3) is 4.15. The van der Waals surface area contributed by atoms with Crippen LogP contribution in [0, 0.1) is 6.92 Å². The van der Waals surface area contributed by atoms with Crippen LogP contribution in [0.4, 0.5) is 4.79 Å². The zero-order valence-corrected chi connectivity index (χ0v) is 15.4. The van der Waals surface area contributed by atoms with Gasteiger partial charge in [0.2, 0.25) is 0 Å². The highest BCUT2D eigenvalue weighted by atomic mass is 16.5. The maximum Gasteiger partial charge on any atom is 0.339 e. The third-order valence-electron chi connectivity index (χ3n) is 4.18. The van der Waals surface area contributed by atoms with E-state index in [9.17, 15) is 14.4 Å². The number of rotatable bonds is 4. The highest BCUT2D eigenvalue weighted by Crippen LogP contribution is 2.26. The normalized spacial score (nSPS) is 11.6. The number of ether oxygens (including phenoxy) is 1. The van der Waals surface area contributed by atoms with Crippen LogP contribution in [0.3, 0.4) is 0 Å². The molecule has 0 saturated heterocycles. The molecule has 3 N–H and O–H groups in total. The number of imide groups is 1. The van der Waals surface area contributed by atoms with E-state index in [-0.39, 0.29) is 5.56 Å². The molecule has 0 radical (unpaired) electrons. The van der Waals surface area contributed by atoms with E-state index in [4.69, 9.17) is 10.5 Å². The molecule has 0 aliphatic carbocycles. The fraction of sp³-hybridized carbons (Fsp3) is 0.143. The first-order chi connectivity index (χ1) is 13.3. The van der Waals surface area contributed by atoms with Crippen LogP contribution >= 0.6 is 0 Å². The predicted octanol–water partition coefficient (Wildman–Crippen LogP) is 2.95. The summed E-state index contributed by atoms with van der Waals surface area (Å²) in [5, 5.41) is 2.49. The highest BCUT2D eigenvalue weighted by molar-refractivity contribution is 6.05. The summed E-state index contributed by atoms with van der Waals surface area (Å²) < 4.78 is 5.23. The van der Waals surface area contributed by atoms with Crippen molar-refractivity contribution in [2.45, 2.75) is 20.0 Å². The fourth-order valence-electron chi connectivity index (χ4n) is 2.72. The number of nitrogens with one attached hydrogen (secondary N) is 1. The second-order valence-corrected chi connectivity index (χ2v) is 6.34. The molecule has 7 heteroatoms. The predicted molar refractivity (Wildman–Crippen MR) is 105 cm³/mol. The van der Waals surface area contributed by atoms with Gasteiger partial charge in [0.1, 0.15) is 0 Å². The molecule has 1 unspecified atom stereocenters. The lowest BCUT2D eigenvalue weighted by molar-refractivity contribution is -0.127. The number of pyridine rings is 1. The number of carbonyl (C=O) groups excluding carboxylic acids is 3. The van der Waals surface area contributed by atoms with E-state index >= 15 is 0 Å². The van der Waals surface area contributed by atoms with Gasteiger partial charge < -0.3 is 10.5 Å². The second-order valence-electron chi connectivity index (χ2n) is 6.34. The number of carbonyl (C=O) groups is 3. The molecule has 1 aromatic heterocycles. The average molecular weight is 377 g/mol. The van der Waals surface area contributed by atoms with Crippen LogP contribution < -0.4 is 11.1 Å². The highest BCUT2D eigenvalue weighted by Gasteiger charge is 2.22. The van der Waals surface area contributed by atoms with E-state index in [2.05, 4.69) is 4.98 Å². The van der Waals surface area contributed by atoms with Crippen LogP contribution in [0.5, 0.6) is 0 Å². The van der Waals surface area contributed by atoms with E-state index in [0.717, 1.165) is 11.1 Å². The summed E-state index contributed by atoms with van der Waals surface area (Å²) in [4.78, 5) is 40.0. The SMILES string of the molecule is Cc1ccc(-c2cc(C(=O)OC(C)C(=O)NC(N)=O)c3ccccc3n2)cc1. The van der Waals surface area contributed by atoms with Crippen molar-refractivity contribution in [3.8, 4) is 11.3 Å². The molecular weight excluding hydrogens is 358 g/mol. The van der Waals surface area contributed by atoms with Gasteiger partial charge in [-0.15, -0.1) is 0 Å². The number of aromatic nitrogens is 1. The number of hydrogen-bond donors (Lipinski definition) is 2. The van der Waals surface area contributed by atoms with E-state index in [1.54, 1.807) is 24.3 Å². The van der Waals surface area contributed by atoms with Crippen molar-refractivity contribution >= 4 is 28.8 Å². The first-order valence-electron chi connectivity index (χ1n) is 8.63. The Morgan fingerprint density at radius 3 is 2.43 bits per heavy atom. The zero-order chi connectivity index (χ0) is 20.3. The molecule has 2 aromatic carbocycles. The largest absolute Gasteiger partial charge is 0.449 e. The molecule has 7 nitrogen and oxygen atoms in total. The molecule has 0 bridgehead atoms. The lowest BCUT2D eigenvalue weighted by atomic mass is 10.0. The van der Waals surface area contributed by atoms with Crippen molar-refractivity contribution < 1.29 is 19.1 Å². The Hall–Kier alpha value is -3.74. The molecule has 0 saturated carbocycles. The van der Waals surface area contributed by atoms with Crippen molar-refractivity contribution in [2.75, 3.05) is 0 Å². The van der Waals surface area contributed by atoms with Gasteiger partial charge >= 0.3 is 12.0 Å². The summed E-state index contributed by atoms with van der Waals surface area (Å²) in [5.41, 5.74) is 8.40. The number of para-hydroxylation sites is 1. The number of hydrogen-bond acceptors (Lipinski definition) is 5. The summed E-state index contributed by atoms with van der Waals surface area (Å²) in [6.45, 7) is 3.35. The van der Waals surface area contributed by atoms with Gasteiger partial charge in [0.25, 0.3) is 5.91 Å². The molecule has 28 heavy (non-hydrogen) atoms. The van der Waals surface area contributed by atoms with Crippen LogP contribution in [-0.2, 0) is 9.53 Å². The van der Waals surface area contributed by atoms with Crippen LogP contribution in [0.25, 0.3) is 22.2 Å². The Morgan fingerprint density at radius 2 is 1.75 bits per heavy atom. The molecule has 1 heterocycles. The van der Waals surface area contributed by atoms with Gasteiger partial charge in [-0.05, 0) is 26.0 Å². The number of amides is 3. The van der Waals surface area contributed by atoms with E-state index < -0.39 is 24.0 Å². The Balaban J connectivity index is 1.99. The third-order valence-corrected chi connectivity index (χ3v) is 4.18. The number of nitrogens with zero attached hydrogens (tertiary/aromatic N) is 1. The first-order valence-corrected chi connectivity index (χ1v) is 8.63. The number of nitrogens with two attached hydrogens (primary N) is 1. The molecular formula is C21H19N3O4. The van der Waals surface area contributed by atoms with Gasteiger partial charge in [0.15, 0.2) is 6.10 Å². The van der Waals surface area contributed by atoms with Crippen LogP contribution in [-0.4, -0.2) is 29.0 Å². The van der Waals surface area contributed by atoms with Gasteiger partial charge in [0.05, 0.1) is 16.8 Å². The molecule has 1 atom stereocenters. The monoisotopic (exact) mass is 377 g/mol. The smallest absolute Gasteiger partial charge is 0.339 e. The van der Waals surface area contributed by atoms with Crippen molar-refractivity contribution in [1.29, 1.82) is 0 Å². The Bertz CT molecular complexity index is 1060. The lowest BCUT2D eigenvalue weighted by Crippen LogP contribution is -2.42. The van der Waals surface area contributed by atoms with Gasteiger partial charge in [-0.25, -0.2) is 14.6 Å². The first kappa shape index (κ1) is 19.0.